The molecule has 0 unspecified atom stereocenters. The Balaban J connectivity index is 1.68. The number of hydrogen-bond acceptors (Lipinski definition) is 1. The van der Waals surface area contributed by atoms with Crippen LogP contribution in [0, 0.1) is 35.3 Å². The van der Waals surface area contributed by atoms with E-state index in [-0.39, 0.29) is 36.0 Å². The van der Waals surface area contributed by atoms with Gasteiger partial charge in [0.1, 0.15) is 0 Å². The van der Waals surface area contributed by atoms with Crippen molar-refractivity contribution in [3.05, 3.63) is 70.8 Å². The van der Waals surface area contributed by atoms with Crippen molar-refractivity contribution in [3.63, 3.8) is 0 Å². The number of benzene rings is 2. The summed E-state index contributed by atoms with van der Waals surface area (Å²) in [6, 6.07) is 16.4. The first-order valence-electron chi connectivity index (χ1n) is 7.70. The van der Waals surface area contributed by atoms with Crippen LogP contribution in [0.1, 0.15) is 22.3 Å². The van der Waals surface area contributed by atoms with Crippen molar-refractivity contribution < 1.29 is 5.11 Å². The summed E-state index contributed by atoms with van der Waals surface area (Å²) >= 11 is 0.315. The second kappa shape index (κ2) is 10.4. The van der Waals surface area contributed by atoms with E-state index in [0.717, 1.165) is 21.8 Å². The van der Waals surface area contributed by atoms with Gasteiger partial charge in [0.2, 0.25) is 0 Å². The molecule has 1 N–H and O–H groups in total. The second-order valence-electron chi connectivity index (χ2n) is 5.46. The van der Waals surface area contributed by atoms with E-state index in [2.05, 4.69) is 59.6 Å². The Hall–Kier alpha value is -1.44. The fraction of sp³-hybridized carbons (Fsp3) is 0.238. The number of hydrogen-bond donors (Lipinski definition) is 1. The van der Waals surface area contributed by atoms with Gasteiger partial charge in [-0.05, 0) is 0 Å². The number of aliphatic hydroxyl groups is 1. The molecule has 0 aliphatic carbocycles. The summed E-state index contributed by atoms with van der Waals surface area (Å²) in [5.41, 5.74) is 4.58. The van der Waals surface area contributed by atoms with E-state index in [0.29, 0.717) is 0 Å². The summed E-state index contributed by atoms with van der Waals surface area (Å²) in [5.74, 6) is 6.33. The molecule has 2 aromatic carbocycles. The molecule has 0 fully saturated rings. The molecule has 1 nitrogen and oxygen atoms in total. The average molecular weight is 446 g/mol. The first-order chi connectivity index (χ1) is 11.6. The zero-order valence-corrected chi connectivity index (χ0v) is 17.3. The normalized spacial score (nSPS) is 9.83. The molecule has 0 aliphatic rings. The Kier molecular flexibility index (Phi) is 8.21. The molecule has 0 aromatic heterocycles. The van der Waals surface area contributed by atoms with Crippen LogP contribution in [0.4, 0.5) is 0 Å². The fourth-order valence-corrected chi connectivity index (χ4v) is 4.99. The Labute approximate surface area is 157 Å². The van der Waals surface area contributed by atoms with Gasteiger partial charge < -0.3 is 0 Å². The van der Waals surface area contributed by atoms with Gasteiger partial charge in [0.25, 0.3) is 0 Å². The van der Waals surface area contributed by atoms with Gasteiger partial charge in [-0.3, -0.25) is 0 Å². The van der Waals surface area contributed by atoms with Crippen molar-refractivity contribution in [1.82, 2.24) is 0 Å². The third kappa shape index (κ3) is 7.42. The van der Waals surface area contributed by atoms with E-state index in [1.165, 1.54) is 11.1 Å². The Morgan fingerprint density at radius 2 is 1.12 bits per heavy atom. The standard InChI is InChI=1S/C21H20OSe2/c1-17-3-7-19(8-4-17)11-13-23-15-21(22)16-24-14-12-20-9-5-18(2)6-10-20/h3-10,21-22H,15-16H2,1-2H3. The molecule has 2 aromatic rings. The molecule has 2 rings (SSSR count). The van der Waals surface area contributed by atoms with Crippen LogP contribution in [0.25, 0.3) is 0 Å². The maximum atomic E-state index is 10.0. The van der Waals surface area contributed by atoms with Gasteiger partial charge in [-0.25, -0.2) is 0 Å². The summed E-state index contributed by atoms with van der Waals surface area (Å²) in [5, 5.41) is 11.6. The molecule has 0 bridgehead atoms. The van der Waals surface area contributed by atoms with Crippen LogP contribution in [-0.4, -0.2) is 41.1 Å². The third-order valence-electron chi connectivity index (χ3n) is 3.19. The first-order valence-corrected chi connectivity index (χ1v) is 11.8. The number of aryl methyl sites for hydroxylation is 2. The van der Waals surface area contributed by atoms with Crippen LogP contribution in [0.5, 0.6) is 0 Å². The predicted octanol–water partition coefficient (Wildman–Crippen LogP) is 3.23. The molecule has 3 heteroatoms. The van der Waals surface area contributed by atoms with Crippen molar-refractivity contribution in [1.29, 1.82) is 0 Å². The molecule has 0 saturated heterocycles. The molecule has 0 spiro atoms. The fourth-order valence-electron chi connectivity index (χ4n) is 1.79. The Morgan fingerprint density at radius 3 is 1.50 bits per heavy atom. The van der Waals surface area contributed by atoms with E-state index in [9.17, 15) is 5.11 Å². The summed E-state index contributed by atoms with van der Waals surface area (Å²) < 4.78 is 0. The maximum absolute atomic E-state index is 10.0. The van der Waals surface area contributed by atoms with Gasteiger partial charge >= 0.3 is 158 Å². The van der Waals surface area contributed by atoms with Crippen LogP contribution in [-0.2, 0) is 0 Å². The zero-order chi connectivity index (χ0) is 17.2. The molecule has 0 radical (unpaired) electrons. The van der Waals surface area contributed by atoms with Crippen molar-refractivity contribution in [3.8, 4) is 21.5 Å². The van der Waals surface area contributed by atoms with Crippen molar-refractivity contribution in [2.24, 2.45) is 0 Å². The van der Waals surface area contributed by atoms with Gasteiger partial charge in [0.15, 0.2) is 0 Å². The third-order valence-corrected chi connectivity index (χ3v) is 6.54. The first kappa shape index (κ1) is 18.9. The van der Waals surface area contributed by atoms with Gasteiger partial charge in [0.05, 0.1) is 0 Å². The molecule has 0 atom stereocenters. The van der Waals surface area contributed by atoms with Crippen molar-refractivity contribution >= 4 is 29.9 Å². The summed E-state index contributed by atoms with van der Waals surface area (Å²) in [7, 11) is 0. The molecule has 0 saturated carbocycles. The molecule has 0 aliphatic heterocycles. The quantitative estimate of drug-likeness (QED) is 0.565. The molecular weight excluding hydrogens is 426 g/mol. The topological polar surface area (TPSA) is 20.2 Å². The van der Waals surface area contributed by atoms with Crippen LogP contribution < -0.4 is 0 Å². The SMILES string of the molecule is Cc1ccc(C#C[Se]CC(O)C[Se]C#Cc2ccc(C)cc2)cc1. The van der Waals surface area contributed by atoms with Crippen molar-refractivity contribution in [2.45, 2.75) is 30.6 Å². The van der Waals surface area contributed by atoms with Crippen LogP contribution in [0.2, 0.25) is 10.6 Å². The molecule has 0 heterocycles. The zero-order valence-electron chi connectivity index (χ0n) is 13.9. The summed E-state index contributed by atoms with van der Waals surface area (Å²) in [6.45, 7) is 4.14. The molecular formula is C21H20OSe2. The van der Waals surface area contributed by atoms with Crippen LogP contribution in [0.3, 0.4) is 0 Å². The number of rotatable bonds is 4. The van der Waals surface area contributed by atoms with Gasteiger partial charge in [-0.2, -0.15) is 0 Å². The molecule has 0 amide bonds. The number of aliphatic hydroxyl groups excluding tert-OH is 1. The van der Waals surface area contributed by atoms with Crippen LogP contribution in [0.15, 0.2) is 48.5 Å². The second-order valence-corrected chi connectivity index (χ2v) is 8.93. The van der Waals surface area contributed by atoms with E-state index in [1.807, 2.05) is 24.3 Å². The average Bonchev–Trinajstić information content (AvgIpc) is 2.59. The van der Waals surface area contributed by atoms with Gasteiger partial charge in [-0.1, -0.05) is 0 Å². The van der Waals surface area contributed by atoms with Crippen molar-refractivity contribution in [2.75, 3.05) is 0 Å². The van der Waals surface area contributed by atoms with E-state index in [4.69, 9.17) is 0 Å². The van der Waals surface area contributed by atoms with E-state index < -0.39 is 0 Å². The minimum absolute atomic E-state index is 0.158. The van der Waals surface area contributed by atoms with E-state index >= 15 is 0 Å². The minimum atomic E-state index is -0.273. The summed E-state index contributed by atoms with van der Waals surface area (Å²) in [6.07, 6.45) is -0.273. The monoisotopic (exact) mass is 448 g/mol. The van der Waals surface area contributed by atoms with E-state index in [1.54, 1.807) is 0 Å². The Bertz CT molecular complexity index is 688. The molecule has 24 heavy (non-hydrogen) atoms. The summed E-state index contributed by atoms with van der Waals surface area (Å²) in [4.78, 5) is 6.39. The predicted molar refractivity (Wildman–Crippen MR) is 103 cm³/mol. The molecule has 122 valence electrons. The van der Waals surface area contributed by atoms with Gasteiger partial charge in [0, 0.05) is 0 Å². The van der Waals surface area contributed by atoms with Gasteiger partial charge in [-0.15, -0.1) is 0 Å². The van der Waals surface area contributed by atoms with Crippen LogP contribution >= 0.6 is 0 Å². The Morgan fingerprint density at radius 1 is 0.750 bits per heavy atom.